The van der Waals surface area contributed by atoms with Gasteiger partial charge in [0.15, 0.2) is 0 Å². The van der Waals surface area contributed by atoms with Gasteiger partial charge in [-0.05, 0) is 48.7 Å². The molecule has 1 heterocycles. The van der Waals surface area contributed by atoms with E-state index in [9.17, 15) is 19.3 Å². The Kier molecular flexibility index (Phi) is 5.25. The van der Waals surface area contributed by atoms with Gasteiger partial charge in [-0.3, -0.25) is 20.0 Å². The minimum absolute atomic E-state index is 0.0313. The van der Waals surface area contributed by atoms with Crippen molar-refractivity contribution in [3.63, 3.8) is 0 Å². The number of carbonyl (C=O) groups is 1. The molecule has 0 radical (unpaired) electrons. The lowest BCUT2D eigenvalue weighted by molar-refractivity contribution is -0.384. The van der Waals surface area contributed by atoms with Crippen LogP contribution in [0.3, 0.4) is 0 Å². The summed E-state index contributed by atoms with van der Waals surface area (Å²) in [6.45, 7) is 2.04. The lowest BCUT2D eigenvalue weighted by atomic mass is 10.1. The van der Waals surface area contributed by atoms with Crippen molar-refractivity contribution in [3.05, 3.63) is 81.3 Å². The zero-order valence-electron chi connectivity index (χ0n) is 14.5. The van der Waals surface area contributed by atoms with Crippen molar-refractivity contribution in [2.24, 2.45) is 0 Å². The van der Waals surface area contributed by atoms with E-state index in [1.807, 2.05) is 0 Å². The third-order valence-electron chi connectivity index (χ3n) is 4.12. The maximum absolute atomic E-state index is 13.4. The number of nitrogens with zero attached hydrogens (tertiary/aromatic N) is 2. The van der Waals surface area contributed by atoms with Crippen LogP contribution < -0.4 is 5.32 Å². The molecule has 2 N–H and O–H groups in total. The Hall–Kier alpha value is -3.55. The van der Waals surface area contributed by atoms with Gasteiger partial charge in [0.05, 0.1) is 10.6 Å². The second-order valence-corrected chi connectivity index (χ2v) is 6.06. The average Bonchev–Trinajstić information content (AvgIpc) is 3.14. The quantitative estimate of drug-likeness (QED) is 0.514. The number of hydrogen-bond acceptors (Lipinski definition) is 4. The van der Waals surface area contributed by atoms with Gasteiger partial charge in [0, 0.05) is 24.2 Å². The molecular formula is C19H17FN4O3. The first-order valence-corrected chi connectivity index (χ1v) is 8.27. The number of amides is 1. The summed E-state index contributed by atoms with van der Waals surface area (Å²) in [6.07, 6.45) is 0.544. The molecule has 8 heteroatoms. The van der Waals surface area contributed by atoms with Crippen LogP contribution >= 0.6 is 0 Å². The van der Waals surface area contributed by atoms with Gasteiger partial charge in [0.1, 0.15) is 11.5 Å². The SMILES string of the molecule is Cc1cc(-c2cc(C(=O)NCCc3ccc([N+](=O)[O-])cc3)[nH]n2)ccc1F. The fourth-order valence-corrected chi connectivity index (χ4v) is 2.59. The minimum Gasteiger partial charge on any atom is -0.350 e. The second kappa shape index (κ2) is 7.77. The Morgan fingerprint density at radius 1 is 1.22 bits per heavy atom. The van der Waals surface area contributed by atoms with E-state index in [-0.39, 0.29) is 17.4 Å². The number of nitro benzene ring substituents is 1. The van der Waals surface area contributed by atoms with Gasteiger partial charge in [-0.25, -0.2) is 4.39 Å². The number of benzene rings is 2. The molecule has 0 bridgehead atoms. The molecule has 0 unspecified atom stereocenters. The molecule has 27 heavy (non-hydrogen) atoms. The Morgan fingerprint density at radius 2 is 1.96 bits per heavy atom. The van der Waals surface area contributed by atoms with E-state index in [0.717, 1.165) is 11.1 Å². The molecule has 1 amide bonds. The number of aryl methyl sites for hydroxylation is 1. The van der Waals surface area contributed by atoms with Crippen LogP contribution in [-0.4, -0.2) is 27.6 Å². The van der Waals surface area contributed by atoms with E-state index in [4.69, 9.17) is 0 Å². The highest BCUT2D eigenvalue weighted by Crippen LogP contribution is 2.20. The Morgan fingerprint density at radius 3 is 2.63 bits per heavy atom. The maximum Gasteiger partial charge on any atom is 0.269 e. The number of H-pyrrole nitrogens is 1. The minimum atomic E-state index is -0.454. The average molecular weight is 368 g/mol. The van der Waals surface area contributed by atoms with Gasteiger partial charge < -0.3 is 5.32 Å². The van der Waals surface area contributed by atoms with Crippen LogP contribution in [0.5, 0.6) is 0 Å². The monoisotopic (exact) mass is 368 g/mol. The molecule has 1 aromatic heterocycles. The number of carbonyl (C=O) groups excluding carboxylic acids is 1. The van der Waals surface area contributed by atoms with Crippen molar-refractivity contribution < 1.29 is 14.1 Å². The van der Waals surface area contributed by atoms with Crippen LogP contribution in [0.15, 0.2) is 48.5 Å². The Bertz CT molecular complexity index is 983. The molecule has 0 saturated heterocycles. The van der Waals surface area contributed by atoms with E-state index in [1.54, 1.807) is 37.3 Å². The van der Waals surface area contributed by atoms with E-state index in [0.29, 0.717) is 29.9 Å². The summed E-state index contributed by atoms with van der Waals surface area (Å²) < 4.78 is 13.4. The molecule has 0 fully saturated rings. The molecular weight excluding hydrogens is 351 g/mol. The number of hydrogen-bond donors (Lipinski definition) is 2. The van der Waals surface area contributed by atoms with Crippen molar-refractivity contribution in [2.75, 3.05) is 6.54 Å². The predicted molar refractivity (Wildman–Crippen MR) is 97.9 cm³/mol. The highest BCUT2D eigenvalue weighted by Gasteiger charge is 2.12. The Labute approximate surface area is 154 Å². The molecule has 0 spiro atoms. The van der Waals surface area contributed by atoms with Crippen molar-refractivity contribution in [1.29, 1.82) is 0 Å². The number of aromatic amines is 1. The van der Waals surface area contributed by atoms with Gasteiger partial charge in [-0.2, -0.15) is 5.10 Å². The van der Waals surface area contributed by atoms with Crippen LogP contribution in [0.4, 0.5) is 10.1 Å². The molecule has 138 valence electrons. The summed E-state index contributed by atoms with van der Waals surface area (Å²) in [5, 5.41) is 20.2. The lowest BCUT2D eigenvalue weighted by Crippen LogP contribution is -2.26. The van der Waals surface area contributed by atoms with Crippen molar-refractivity contribution >= 4 is 11.6 Å². The van der Waals surface area contributed by atoms with Gasteiger partial charge in [-0.1, -0.05) is 12.1 Å². The summed E-state index contributed by atoms with van der Waals surface area (Å²) in [5.74, 6) is -0.604. The molecule has 0 saturated carbocycles. The van der Waals surface area contributed by atoms with Gasteiger partial charge in [0.25, 0.3) is 11.6 Å². The fraction of sp³-hybridized carbons (Fsp3) is 0.158. The maximum atomic E-state index is 13.4. The van der Waals surface area contributed by atoms with Gasteiger partial charge in [-0.15, -0.1) is 0 Å². The van der Waals surface area contributed by atoms with Crippen LogP contribution in [0.1, 0.15) is 21.6 Å². The van der Waals surface area contributed by atoms with E-state index >= 15 is 0 Å². The van der Waals surface area contributed by atoms with Gasteiger partial charge >= 0.3 is 0 Å². The van der Waals surface area contributed by atoms with Crippen LogP contribution in [0.2, 0.25) is 0 Å². The first kappa shape index (κ1) is 18.2. The van der Waals surface area contributed by atoms with Crippen LogP contribution in [0, 0.1) is 22.9 Å². The zero-order valence-corrected chi connectivity index (χ0v) is 14.5. The largest absolute Gasteiger partial charge is 0.350 e. The standard InChI is InChI=1S/C19H17FN4O3/c1-12-10-14(4-7-16(12)20)17-11-18(23-22-17)19(25)21-9-8-13-2-5-15(6-3-13)24(26)27/h2-7,10-11H,8-9H2,1H3,(H,21,25)(H,22,23). The number of halogens is 1. The summed E-state index contributed by atoms with van der Waals surface area (Å²) in [5.41, 5.74) is 2.99. The van der Waals surface area contributed by atoms with E-state index < -0.39 is 4.92 Å². The summed E-state index contributed by atoms with van der Waals surface area (Å²) >= 11 is 0. The number of non-ortho nitro benzene ring substituents is 1. The number of nitro groups is 1. The summed E-state index contributed by atoms with van der Waals surface area (Å²) in [6, 6.07) is 12.4. The normalized spacial score (nSPS) is 10.6. The van der Waals surface area contributed by atoms with Crippen molar-refractivity contribution in [2.45, 2.75) is 13.3 Å². The third kappa shape index (κ3) is 4.35. The molecule has 0 atom stereocenters. The molecule has 7 nitrogen and oxygen atoms in total. The molecule has 2 aromatic carbocycles. The molecule has 0 aliphatic carbocycles. The topological polar surface area (TPSA) is 101 Å². The summed E-state index contributed by atoms with van der Waals surface area (Å²) in [4.78, 5) is 22.4. The number of rotatable bonds is 6. The molecule has 3 aromatic rings. The van der Waals surface area contributed by atoms with Crippen molar-refractivity contribution in [3.8, 4) is 11.3 Å². The van der Waals surface area contributed by atoms with Crippen LogP contribution in [0.25, 0.3) is 11.3 Å². The van der Waals surface area contributed by atoms with Crippen molar-refractivity contribution in [1.82, 2.24) is 15.5 Å². The number of aromatic nitrogens is 2. The molecule has 0 aliphatic heterocycles. The van der Waals surface area contributed by atoms with Gasteiger partial charge in [0.2, 0.25) is 0 Å². The first-order valence-electron chi connectivity index (χ1n) is 8.27. The Balaban J connectivity index is 1.57. The van der Waals surface area contributed by atoms with E-state index in [1.165, 1.54) is 18.2 Å². The molecule has 0 aliphatic rings. The zero-order chi connectivity index (χ0) is 19.4. The second-order valence-electron chi connectivity index (χ2n) is 6.06. The summed E-state index contributed by atoms with van der Waals surface area (Å²) in [7, 11) is 0. The highest BCUT2D eigenvalue weighted by molar-refractivity contribution is 5.93. The number of nitrogens with one attached hydrogen (secondary N) is 2. The lowest BCUT2D eigenvalue weighted by Gasteiger charge is -2.03. The fourth-order valence-electron chi connectivity index (χ4n) is 2.59. The smallest absolute Gasteiger partial charge is 0.269 e. The third-order valence-corrected chi connectivity index (χ3v) is 4.12. The molecule has 3 rings (SSSR count). The first-order chi connectivity index (χ1) is 12.9. The van der Waals surface area contributed by atoms with Crippen LogP contribution in [-0.2, 0) is 6.42 Å². The predicted octanol–water partition coefficient (Wildman–Crippen LogP) is 3.40. The highest BCUT2D eigenvalue weighted by atomic mass is 19.1. The van der Waals surface area contributed by atoms with E-state index in [2.05, 4.69) is 15.5 Å².